The third-order valence-electron chi connectivity index (χ3n) is 4.80. The van der Waals surface area contributed by atoms with Crippen LogP contribution in [0.4, 0.5) is 0 Å². The van der Waals surface area contributed by atoms with E-state index in [1.54, 1.807) is 6.26 Å². The van der Waals surface area contributed by atoms with Crippen LogP contribution in [0.3, 0.4) is 0 Å². The maximum absolute atomic E-state index is 5.59. The summed E-state index contributed by atoms with van der Waals surface area (Å²) in [5.74, 6) is 3.06. The van der Waals surface area contributed by atoms with Crippen LogP contribution in [0.5, 0.6) is 0 Å². The molecule has 0 radical (unpaired) electrons. The Balaban J connectivity index is 1.70. The lowest BCUT2D eigenvalue weighted by Gasteiger charge is -2.30. The van der Waals surface area contributed by atoms with Gasteiger partial charge in [-0.15, -0.1) is 10.2 Å². The average Bonchev–Trinajstić information content (AvgIpc) is 3.24. The van der Waals surface area contributed by atoms with Gasteiger partial charge in [-0.2, -0.15) is 0 Å². The van der Waals surface area contributed by atoms with Crippen molar-refractivity contribution in [2.75, 3.05) is 0 Å². The van der Waals surface area contributed by atoms with Gasteiger partial charge in [0.1, 0.15) is 0 Å². The lowest BCUT2D eigenvalue weighted by Crippen LogP contribution is -2.21. The second-order valence-electron chi connectivity index (χ2n) is 7.11. The van der Waals surface area contributed by atoms with Crippen molar-refractivity contribution in [3.63, 3.8) is 0 Å². The molecule has 0 N–H and O–H groups in total. The molecule has 1 aromatic carbocycles. The zero-order valence-electron chi connectivity index (χ0n) is 14.6. The molecule has 0 aliphatic heterocycles. The van der Waals surface area contributed by atoms with Crippen molar-refractivity contribution in [2.45, 2.75) is 43.5 Å². The van der Waals surface area contributed by atoms with E-state index in [1.807, 2.05) is 42.1 Å². The van der Waals surface area contributed by atoms with Crippen LogP contribution in [0.2, 0.25) is 0 Å². The second kappa shape index (κ2) is 7.08. The molecule has 2 unspecified atom stereocenters. The third-order valence-corrected chi connectivity index (χ3v) is 5.99. The highest BCUT2D eigenvalue weighted by Crippen LogP contribution is 2.39. The molecule has 130 valence electrons. The molecule has 0 amide bonds. The number of aromatic nitrogens is 3. The van der Waals surface area contributed by atoms with E-state index < -0.39 is 0 Å². The van der Waals surface area contributed by atoms with Gasteiger partial charge in [0.25, 0.3) is 0 Å². The minimum atomic E-state index is 0.592. The summed E-state index contributed by atoms with van der Waals surface area (Å²) in [6.45, 7) is 4.72. The van der Waals surface area contributed by atoms with Crippen molar-refractivity contribution in [3.8, 4) is 17.3 Å². The minimum absolute atomic E-state index is 0.592. The summed E-state index contributed by atoms with van der Waals surface area (Å²) in [4.78, 5) is 0. The van der Waals surface area contributed by atoms with E-state index in [0.717, 1.165) is 34.3 Å². The van der Waals surface area contributed by atoms with E-state index in [9.17, 15) is 0 Å². The van der Waals surface area contributed by atoms with Crippen LogP contribution < -0.4 is 0 Å². The topological polar surface area (TPSA) is 43.9 Å². The smallest absolute Gasteiger partial charge is 0.205 e. The lowest BCUT2D eigenvalue weighted by atomic mass is 9.83. The fourth-order valence-electron chi connectivity index (χ4n) is 3.84. The lowest BCUT2D eigenvalue weighted by molar-refractivity contribution is 0.308. The largest absolute Gasteiger partial charge is 0.461 e. The monoisotopic (exact) mass is 353 g/mol. The van der Waals surface area contributed by atoms with E-state index >= 15 is 0 Å². The Hall–Kier alpha value is -2.01. The van der Waals surface area contributed by atoms with Gasteiger partial charge < -0.3 is 4.42 Å². The van der Waals surface area contributed by atoms with Crippen LogP contribution in [-0.2, 0) is 0 Å². The number of hydrogen-bond acceptors (Lipinski definition) is 4. The predicted octanol–water partition coefficient (Wildman–Crippen LogP) is 5.44. The third kappa shape index (κ3) is 3.52. The highest BCUT2D eigenvalue weighted by Gasteiger charge is 2.27. The number of furan rings is 1. The highest BCUT2D eigenvalue weighted by atomic mass is 32.2. The Morgan fingerprint density at radius 2 is 1.72 bits per heavy atom. The van der Waals surface area contributed by atoms with E-state index in [1.165, 1.54) is 19.3 Å². The summed E-state index contributed by atoms with van der Waals surface area (Å²) in [6, 6.07) is 14.1. The van der Waals surface area contributed by atoms with Gasteiger partial charge in [0.05, 0.1) is 6.26 Å². The molecule has 25 heavy (non-hydrogen) atoms. The van der Waals surface area contributed by atoms with Crippen LogP contribution >= 0.6 is 11.8 Å². The molecule has 0 spiro atoms. The number of rotatable bonds is 4. The Morgan fingerprint density at radius 1 is 0.960 bits per heavy atom. The molecule has 3 aromatic rings. The van der Waals surface area contributed by atoms with Crippen molar-refractivity contribution in [1.29, 1.82) is 0 Å². The van der Waals surface area contributed by atoms with Gasteiger partial charge in [-0.25, -0.2) is 0 Å². The van der Waals surface area contributed by atoms with Crippen molar-refractivity contribution in [3.05, 3.63) is 48.7 Å². The van der Waals surface area contributed by atoms with Crippen molar-refractivity contribution in [1.82, 2.24) is 14.8 Å². The van der Waals surface area contributed by atoms with Gasteiger partial charge in [0.2, 0.25) is 5.82 Å². The molecule has 4 nitrogen and oxygen atoms in total. The van der Waals surface area contributed by atoms with Crippen molar-refractivity contribution in [2.24, 2.45) is 11.8 Å². The maximum atomic E-state index is 5.59. The summed E-state index contributed by atoms with van der Waals surface area (Å²) >= 11 is 1.86. The number of thioether (sulfide) groups is 1. The van der Waals surface area contributed by atoms with E-state index in [4.69, 9.17) is 4.42 Å². The zero-order valence-corrected chi connectivity index (χ0v) is 15.4. The molecule has 2 atom stereocenters. The quantitative estimate of drug-likeness (QED) is 0.626. The van der Waals surface area contributed by atoms with Crippen LogP contribution in [0, 0.1) is 11.8 Å². The number of para-hydroxylation sites is 1. The van der Waals surface area contributed by atoms with Gasteiger partial charge in [-0.1, -0.05) is 43.8 Å². The standard InChI is InChI=1S/C20H23N3OS/c1-14-11-15(2)13-17(12-14)25-20-22-21-19(18-9-6-10-24-18)23(20)16-7-4-3-5-8-16/h3-10,14-15,17H,11-13H2,1-2H3. The van der Waals surface area contributed by atoms with Crippen molar-refractivity contribution >= 4 is 11.8 Å². The number of nitrogens with zero attached hydrogens (tertiary/aromatic N) is 3. The normalized spacial score (nSPS) is 23.7. The summed E-state index contributed by atoms with van der Waals surface area (Å²) < 4.78 is 7.71. The molecular weight excluding hydrogens is 330 g/mol. The summed E-state index contributed by atoms with van der Waals surface area (Å²) in [7, 11) is 0. The van der Waals surface area contributed by atoms with Gasteiger partial charge >= 0.3 is 0 Å². The molecule has 0 saturated heterocycles. The van der Waals surface area contributed by atoms with Gasteiger partial charge in [-0.3, -0.25) is 4.57 Å². The number of benzene rings is 1. The first-order valence-electron chi connectivity index (χ1n) is 8.92. The molecule has 1 saturated carbocycles. The fourth-order valence-corrected chi connectivity index (χ4v) is 5.37. The van der Waals surface area contributed by atoms with Crippen LogP contribution in [-0.4, -0.2) is 20.0 Å². The Morgan fingerprint density at radius 3 is 2.40 bits per heavy atom. The average molecular weight is 353 g/mol. The fraction of sp³-hybridized carbons (Fsp3) is 0.400. The van der Waals surface area contributed by atoms with E-state index in [2.05, 4.69) is 40.7 Å². The number of hydrogen-bond donors (Lipinski definition) is 0. The summed E-state index contributed by atoms with van der Waals surface area (Å²) in [5, 5.41) is 10.5. The first kappa shape index (κ1) is 16.5. The Bertz CT molecular complexity index is 803. The molecule has 4 rings (SSSR count). The van der Waals surface area contributed by atoms with Gasteiger partial charge in [0.15, 0.2) is 10.9 Å². The van der Waals surface area contributed by atoms with Crippen molar-refractivity contribution < 1.29 is 4.42 Å². The molecule has 1 fully saturated rings. The first-order valence-corrected chi connectivity index (χ1v) is 9.80. The SMILES string of the molecule is CC1CC(C)CC(Sc2nnc(-c3ccco3)n2-c2ccccc2)C1. The maximum Gasteiger partial charge on any atom is 0.205 e. The highest BCUT2D eigenvalue weighted by molar-refractivity contribution is 7.99. The van der Waals surface area contributed by atoms with Crippen LogP contribution in [0.15, 0.2) is 58.3 Å². The Kier molecular flexibility index (Phi) is 4.66. The molecule has 0 bridgehead atoms. The van der Waals surface area contributed by atoms with Gasteiger partial charge in [0, 0.05) is 10.9 Å². The van der Waals surface area contributed by atoms with E-state index in [-0.39, 0.29) is 0 Å². The molecule has 5 heteroatoms. The molecule has 2 aromatic heterocycles. The molecule has 1 aliphatic carbocycles. The van der Waals surface area contributed by atoms with E-state index in [0.29, 0.717) is 5.25 Å². The first-order chi connectivity index (χ1) is 12.2. The van der Waals surface area contributed by atoms with Crippen LogP contribution in [0.25, 0.3) is 17.3 Å². The predicted molar refractivity (Wildman–Crippen MR) is 101 cm³/mol. The minimum Gasteiger partial charge on any atom is -0.461 e. The summed E-state index contributed by atoms with van der Waals surface area (Å²) in [6.07, 6.45) is 5.50. The Labute approximate surface area is 152 Å². The second-order valence-corrected chi connectivity index (χ2v) is 8.38. The zero-order chi connectivity index (χ0) is 17.2. The molecular formula is C20H23N3OS. The molecule has 2 heterocycles. The van der Waals surface area contributed by atoms with Crippen LogP contribution in [0.1, 0.15) is 33.1 Å². The summed E-state index contributed by atoms with van der Waals surface area (Å²) in [5.41, 5.74) is 1.07. The molecule has 1 aliphatic rings. The van der Waals surface area contributed by atoms with Gasteiger partial charge in [-0.05, 0) is 55.4 Å².